The van der Waals surface area contributed by atoms with Crippen LogP contribution >= 0.6 is 0 Å². The summed E-state index contributed by atoms with van der Waals surface area (Å²) in [6.45, 7) is 0.915. The Hall–Kier alpha value is -3.28. The van der Waals surface area contributed by atoms with Crippen molar-refractivity contribution in [3.05, 3.63) is 82.4 Å². The smallest absolute Gasteiger partial charge is 0.270 e. The number of Topliss-reactive ketones (excluding diaryl/α,β-unsaturated/α-hetero) is 1. The van der Waals surface area contributed by atoms with Crippen molar-refractivity contribution in [3.63, 3.8) is 0 Å². The highest BCUT2D eigenvalue weighted by molar-refractivity contribution is 5.98. The van der Waals surface area contributed by atoms with Crippen LogP contribution in [0.1, 0.15) is 33.6 Å². The summed E-state index contributed by atoms with van der Waals surface area (Å²) >= 11 is 0. The van der Waals surface area contributed by atoms with Crippen LogP contribution in [0.3, 0.4) is 0 Å². The molecule has 1 saturated heterocycles. The fraction of sp³-hybridized carbons (Fsp3) is 0.238. The van der Waals surface area contributed by atoms with Crippen molar-refractivity contribution in [1.82, 2.24) is 14.3 Å². The Labute approximate surface area is 156 Å². The third-order valence-electron chi connectivity index (χ3n) is 5.06. The summed E-state index contributed by atoms with van der Waals surface area (Å²) in [6, 6.07) is 14.5. The number of carbonyl (C=O) groups is 2. The number of hydrogen-bond acceptors (Lipinski definition) is 4. The summed E-state index contributed by atoms with van der Waals surface area (Å²) in [5, 5.41) is 0. The van der Waals surface area contributed by atoms with E-state index in [9.17, 15) is 14.4 Å². The van der Waals surface area contributed by atoms with Crippen LogP contribution in [-0.4, -0.2) is 39.1 Å². The minimum Gasteiger partial charge on any atom is -0.338 e. The molecule has 2 aromatic heterocycles. The lowest BCUT2D eigenvalue weighted by atomic mass is 9.89. The predicted octanol–water partition coefficient (Wildman–Crippen LogP) is 2.43. The molecule has 1 fully saturated rings. The van der Waals surface area contributed by atoms with Crippen molar-refractivity contribution in [2.75, 3.05) is 13.1 Å². The van der Waals surface area contributed by atoms with Crippen molar-refractivity contribution >= 4 is 17.3 Å². The molecule has 6 nitrogen and oxygen atoms in total. The maximum absolute atomic E-state index is 12.8. The van der Waals surface area contributed by atoms with Crippen LogP contribution in [0.15, 0.2) is 65.7 Å². The van der Waals surface area contributed by atoms with E-state index in [2.05, 4.69) is 4.98 Å². The Bertz CT molecular complexity index is 1050. The first-order chi connectivity index (χ1) is 13.1. The van der Waals surface area contributed by atoms with Gasteiger partial charge in [0.15, 0.2) is 5.78 Å². The third-order valence-corrected chi connectivity index (χ3v) is 5.06. The molecular formula is C21H19N3O3. The third kappa shape index (κ3) is 3.26. The summed E-state index contributed by atoms with van der Waals surface area (Å²) < 4.78 is 1.37. The zero-order chi connectivity index (χ0) is 18.8. The average molecular weight is 361 g/mol. The fourth-order valence-electron chi connectivity index (χ4n) is 3.53. The first kappa shape index (κ1) is 17.1. The van der Waals surface area contributed by atoms with Crippen LogP contribution in [0, 0.1) is 5.92 Å². The van der Waals surface area contributed by atoms with E-state index in [-0.39, 0.29) is 28.7 Å². The largest absolute Gasteiger partial charge is 0.338 e. The Kier molecular flexibility index (Phi) is 4.54. The molecule has 0 N–H and O–H groups in total. The zero-order valence-corrected chi connectivity index (χ0v) is 14.7. The Balaban J connectivity index is 1.49. The van der Waals surface area contributed by atoms with E-state index in [0.717, 1.165) is 0 Å². The van der Waals surface area contributed by atoms with E-state index in [1.54, 1.807) is 29.3 Å². The Morgan fingerprint density at radius 1 is 0.963 bits per heavy atom. The number of nitrogens with zero attached hydrogens (tertiary/aromatic N) is 3. The van der Waals surface area contributed by atoms with Crippen LogP contribution in [0.2, 0.25) is 0 Å². The van der Waals surface area contributed by atoms with Crippen molar-refractivity contribution < 1.29 is 9.59 Å². The minimum atomic E-state index is -0.368. The van der Waals surface area contributed by atoms with Gasteiger partial charge in [-0.05, 0) is 25.0 Å². The van der Waals surface area contributed by atoms with Gasteiger partial charge in [0, 0.05) is 37.0 Å². The number of likely N-dealkylation sites (tertiary alicyclic amines) is 1. The van der Waals surface area contributed by atoms with Crippen molar-refractivity contribution in [2.24, 2.45) is 5.92 Å². The second kappa shape index (κ2) is 7.15. The zero-order valence-electron chi connectivity index (χ0n) is 14.7. The number of fused-ring (bicyclic) bond motifs is 1. The van der Waals surface area contributed by atoms with Gasteiger partial charge in [0.25, 0.3) is 11.5 Å². The average Bonchev–Trinajstić information content (AvgIpc) is 2.74. The maximum Gasteiger partial charge on any atom is 0.270 e. The quantitative estimate of drug-likeness (QED) is 0.672. The number of carbonyl (C=O) groups excluding carboxylic acids is 2. The molecule has 0 spiro atoms. The Morgan fingerprint density at radius 3 is 2.41 bits per heavy atom. The van der Waals surface area contributed by atoms with E-state index in [4.69, 9.17) is 0 Å². The molecule has 1 aliphatic heterocycles. The number of rotatable bonds is 3. The van der Waals surface area contributed by atoms with E-state index < -0.39 is 0 Å². The number of ketones is 1. The molecule has 1 aliphatic rings. The topological polar surface area (TPSA) is 71.8 Å². The number of aromatic nitrogens is 2. The van der Waals surface area contributed by atoms with Gasteiger partial charge in [0.2, 0.25) is 0 Å². The molecule has 0 radical (unpaired) electrons. The van der Waals surface area contributed by atoms with Gasteiger partial charge in [-0.3, -0.25) is 18.8 Å². The SMILES string of the molecule is O=C(c1ccccc1)C1CCN(C(=O)c2cnc3ccccn3c2=O)CC1. The first-order valence-corrected chi connectivity index (χ1v) is 9.00. The maximum atomic E-state index is 12.8. The highest BCUT2D eigenvalue weighted by Gasteiger charge is 2.29. The van der Waals surface area contributed by atoms with Gasteiger partial charge in [-0.25, -0.2) is 4.98 Å². The molecule has 4 rings (SSSR count). The molecule has 1 amide bonds. The highest BCUT2D eigenvalue weighted by Crippen LogP contribution is 2.22. The molecule has 0 atom stereocenters. The van der Waals surface area contributed by atoms with Crippen molar-refractivity contribution in [2.45, 2.75) is 12.8 Å². The minimum absolute atomic E-state index is 0.0616. The predicted molar refractivity (Wildman–Crippen MR) is 101 cm³/mol. The molecule has 27 heavy (non-hydrogen) atoms. The number of piperidine rings is 1. The fourth-order valence-corrected chi connectivity index (χ4v) is 3.53. The molecule has 0 unspecified atom stereocenters. The van der Waals surface area contributed by atoms with Gasteiger partial charge in [-0.2, -0.15) is 0 Å². The van der Waals surface area contributed by atoms with Crippen molar-refractivity contribution in [3.8, 4) is 0 Å². The molecule has 3 heterocycles. The lowest BCUT2D eigenvalue weighted by molar-refractivity contribution is 0.0648. The van der Waals surface area contributed by atoms with Crippen molar-refractivity contribution in [1.29, 1.82) is 0 Å². The number of pyridine rings is 1. The van der Waals surface area contributed by atoms with Gasteiger partial charge in [0.05, 0.1) is 0 Å². The van der Waals surface area contributed by atoms with Crippen LogP contribution in [0.4, 0.5) is 0 Å². The molecule has 3 aromatic rings. The number of hydrogen-bond donors (Lipinski definition) is 0. The first-order valence-electron chi connectivity index (χ1n) is 9.00. The van der Waals surface area contributed by atoms with Gasteiger partial charge in [-0.1, -0.05) is 36.4 Å². The molecule has 6 heteroatoms. The van der Waals surface area contributed by atoms with Gasteiger partial charge >= 0.3 is 0 Å². The molecular weight excluding hydrogens is 342 g/mol. The van der Waals surface area contributed by atoms with Gasteiger partial charge < -0.3 is 4.90 Å². The molecule has 0 saturated carbocycles. The van der Waals surface area contributed by atoms with E-state index in [1.165, 1.54) is 10.6 Å². The highest BCUT2D eigenvalue weighted by atomic mass is 16.2. The van der Waals surface area contributed by atoms with Gasteiger partial charge in [-0.15, -0.1) is 0 Å². The van der Waals surface area contributed by atoms with E-state index >= 15 is 0 Å². The van der Waals surface area contributed by atoms with Crippen LogP contribution in [0.5, 0.6) is 0 Å². The molecule has 136 valence electrons. The summed E-state index contributed by atoms with van der Waals surface area (Å²) in [6.07, 6.45) is 4.15. The normalized spacial score (nSPS) is 15.0. The van der Waals surface area contributed by atoms with Gasteiger partial charge in [0.1, 0.15) is 11.2 Å². The number of amides is 1. The summed E-state index contributed by atoms with van der Waals surface area (Å²) in [7, 11) is 0. The van der Waals surface area contributed by atoms with E-state index in [1.807, 2.05) is 30.3 Å². The standard InChI is InChI=1S/C21H19N3O3/c25-19(15-6-2-1-3-7-15)16-9-12-23(13-10-16)20(26)17-14-22-18-8-4-5-11-24(18)21(17)27/h1-8,11,14,16H,9-10,12-13H2. The summed E-state index contributed by atoms with van der Waals surface area (Å²) in [5.41, 5.74) is 0.907. The Morgan fingerprint density at radius 2 is 1.67 bits per heavy atom. The van der Waals surface area contributed by atoms with Crippen LogP contribution in [-0.2, 0) is 0 Å². The summed E-state index contributed by atoms with van der Waals surface area (Å²) in [4.78, 5) is 43.8. The molecule has 1 aromatic carbocycles. The van der Waals surface area contributed by atoms with Crippen LogP contribution < -0.4 is 5.56 Å². The summed E-state index contributed by atoms with van der Waals surface area (Å²) in [5.74, 6) is -0.293. The molecule has 0 aliphatic carbocycles. The monoisotopic (exact) mass is 361 g/mol. The second-order valence-electron chi connectivity index (χ2n) is 6.70. The van der Waals surface area contributed by atoms with Crippen LogP contribution in [0.25, 0.3) is 5.65 Å². The lowest BCUT2D eigenvalue weighted by Gasteiger charge is -2.31. The lowest BCUT2D eigenvalue weighted by Crippen LogP contribution is -2.42. The second-order valence-corrected chi connectivity index (χ2v) is 6.70. The molecule has 0 bridgehead atoms. The van der Waals surface area contributed by atoms with E-state index in [0.29, 0.717) is 37.1 Å². The number of benzene rings is 1.